The summed E-state index contributed by atoms with van der Waals surface area (Å²) in [6.07, 6.45) is 5.75. The smallest absolute Gasteiger partial charge is 0.176 e. The molecule has 0 atom stereocenters. The minimum atomic E-state index is 0.213. The van der Waals surface area contributed by atoms with Crippen LogP contribution in [0.25, 0.3) is 11.0 Å². The first-order valence-electron chi connectivity index (χ1n) is 8.00. The first kappa shape index (κ1) is 14.3. The van der Waals surface area contributed by atoms with Crippen molar-refractivity contribution in [2.24, 2.45) is 0 Å². The number of piperidine rings is 1. The van der Waals surface area contributed by atoms with E-state index in [1.807, 2.05) is 18.2 Å². The predicted molar refractivity (Wildman–Crippen MR) is 84.7 cm³/mol. The van der Waals surface area contributed by atoms with Crippen molar-refractivity contribution in [3.8, 4) is 0 Å². The predicted octanol–water partition coefficient (Wildman–Crippen LogP) is 3.18. The highest BCUT2D eigenvalue weighted by molar-refractivity contribution is 6.00. The fourth-order valence-electron chi connectivity index (χ4n) is 3.00. The van der Waals surface area contributed by atoms with E-state index in [1.54, 1.807) is 0 Å². The Morgan fingerprint density at radius 3 is 2.86 bits per heavy atom. The van der Waals surface area contributed by atoms with Gasteiger partial charge in [0.05, 0.1) is 17.6 Å². The molecule has 0 saturated carbocycles. The van der Waals surface area contributed by atoms with Crippen LogP contribution in [0.5, 0.6) is 0 Å². The Bertz CT molecular complexity index is 626. The largest absolute Gasteiger partial charge is 0.342 e. The van der Waals surface area contributed by atoms with Crippen LogP contribution in [-0.4, -0.2) is 40.3 Å². The number of aryl methyl sites for hydroxylation is 1. The molecule has 2 heterocycles. The molecular weight excluding hydrogens is 262 g/mol. The molecule has 1 fully saturated rings. The van der Waals surface area contributed by atoms with E-state index in [9.17, 15) is 4.79 Å². The number of fused-ring (bicyclic) bond motifs is 1. The van der Waals surface area contributed by atoms with Gasteiger partial charge in [0.2, 0.25) is 0 Å². The minimum absolute atomic E-state index is 0.213. The first-order chi connectivity index (χ1) is 10.3. The number of nitrogens with one attached hydrogen (secondary N) is 1. The van der Waals surface area contributed by atoms with Crippen LogP contribution < -0.4 is 0 Å². The zero-order valence-electron chi connectivity index (χ0n) is 12.7. The number of hydrogen-bond donors (Lipinski definition) is 1. The van der Waals surface area contributed by atoms with Gasteiger partial charge in [-0.05, 0) is 50.6 Å². The van der Waals surface area contributed by atoms with Gasteiger partial charge in [0, 0.05) is 12.0 Å². The summed E-state index contributed by atoms with van der Waals surface area (Å²) in [5.41, 5.74) is 2.72. The molecule has 4 heteroatoms. The van der Waals surface area contributed by atoms with E-state index in [1.165, 1.54) is 19.3 Å². The summed E-state index contributed by atoms with van der Waals surface area (Å²) in [6.45, 7) is 4.79. The van der Waals surface area contributed by atoms with Crippen molar-refractivity contribution in [1.29, 1.82) is 0 Å². The highest BCUT2D eigenvalue weighted by atomic mass is 16.1. The van der Waals surface area contributed by atoms with E-state index in [0.717, 1.165) is 48.4 Å². The highest BCUT2D eigenvalue weighted by Crippen LogP contribution is 2.16. The SMILES string of the molecule is CCCc1nc2ccc(C(=O)CN3CCCCC3)cc2[nH]1. The van der Waals surface area contributed by atoms with Crippen LogP contribution in [0.15, 0.2) is 18.2 Å². The third-order valence-electron chi connectivity index (χ3n) is 4.16. The number of imidazole rings is 1. The van der Waals surface area contributed by atoms with Crippen LogP contribution in [0, 0.1) is 0 Å². The first-order valence-corrected chi connectivity index (χ1v) is 8.00. The van der Waals surface area contributed by atoms with Gasteiger partial charge < -0.3 is 4.98 Å². The van der Waals surface area contributed by atoms with Gasteiger partial charge in [0.25, 0.3) is 0 Å². The molecule has 0 amide bonds. The number of aromatic nitrogens is 2. The Hall–Kier alpha value is -1.68. The van der Waals surface area contributed by atoms with Crippen LogP contribution in [0.4, 0.5) is 0 Å². The quantitative estimate of drug-likeness (QED) is 0.858. The highest BCUT2D eigenvalue weighted by Gasteiger charge is 2.15. The number of benzene rings is 1. The molecule has 2 aromatic rings. The summed E-state index contributed by atoms with van der Waals surface area (Å²) in [6, 6.07) is 5.81. The van der Waals surface area contributed by atoms with Crippen LogP contribution in [0.3, 0.4) is 0 Å². The van der Waals surface area contributed by atoms with E-state index >= 15 is 0 Å². The Morgan fingerprint density at radius 2 is 2.10 bits per heavy atom. The molecule has 1 aromatic heterocycles. The maximum atomic E-state index is 12.4. The third kappa shape index (κ3) is 3.32. The topological polar surface area (TPSA) is 49.0 Å². The number of carbonyl (C=O) groups is 1. The lowest BCUT2D eigenvalue weighted by molar-refractivity contribution is 0.0916. The Labute approximate surface area is 125 Å². The molecule has 112 valence electrons. The average Bonchev–Trinajstić information content (AvgIpc) is 2.90. The fourth-order valence-corrected chi connectivity index (χ4v) is 3.00. The number of hydrogen-bond acceptors (Lipinski definition) is 3. The van der Waals surface area contributed by atoms with Crippen LogP contribution in [0.2, 0.25) is 0 Å². The second-order valence-electron chi connectivity index (χ2n) is 5.93. The number of nitrogens with zero attached hydrogens (tertiary/aromatic N) is 2. The second kappa shape index (κ2) is 6.39. The lowest BCUT2D eigenvalue weighted by Crippen LogP contribution is -2.34. The molecule has 0 bridgehead atoms. The van der Waals surface area contributed by atoms with Crippen molar-refractivity contribution in [3.05, 3.63) is 29.6 Å². The fraction of sp³-hybridized carbons (Fsp3) is 0.529. The van der Waals surface area contributed by atoms with Crippen molar-refractivity contribution in [2.45, 2.75) is 39.0 Å². The summed E-state index contributed by atoms with van der Waals surface area (Å²) in [7, 11) is 0. The van der Waals surface area contributed by atoms with Gasteiger partial charge in [0.15, 0.2) is 5.78 Å². The molecule has 0 spiro atoms. The number of H-pyrrole nitrogens is 1. The van der Waals surface area contributed by atoms with Crippen molar-refractivity contribution >= 4 is 16.8 Å². The molecule has 1 aromatic carbocycles. The van der Waals surface area contributed by atoms with Crippen LogP contribution in [-0.2, 0) is 6.42 Å². The second-order valence-corrected chi connectivity index (χ2v) is 5.93. The van der Waals surface area contributed by atoms with Gasteiger partial charge in [-0.3, -0.25) is 9.69 Å². The Balaban J connectivity index is 1.74. The van der Waals surface area contributed by atoms with Gasteiger partial charge in [-0.2, -0.15) is 0 Å². The monoisotopic (exact) mass is 285 g/mol. The van der Waals surface area contributed by atoms with E-state index in [0.29, 0.717) is 6.54 Å². The summed E-state index contributed by atoms with van der Waals surface area (Å²) in [4.78, 5) is 22.5. The molecule has 0 unspecified atom stereocenters. The zero-order valence-corrected chi connectivity index (χ0v) is 12.7. The molecule has 0 radical (unpaired) electrons. The van der Waals surface area contributed by atoms with Crippen LogP contribution >= 0.6 is 0 Å². The molecule has 4 nitrogen and oxygen atoms in total. The lowest BCUT2D eigenvalue weighted by atomic mass is 10.1. The molecular formula is C17H23N3O. The summed E-state index contributed by atoms with van der Waals surface area (Å²) in [5, 5.41) is 0. The maximum Gasteiger partial charge on any atom is 0.176 e. The summed E-state index contributed by atoms with van der Waals surface area (Å²) in [5.74, 6) is 1.22. The van der Waals surface area contributed by atoms with E-state index in [2.05, 4.69) is 21.8 Å². The van der Waals surface area contributed by atoms with E-state index in [-0.39, 0.29) is 5.78 Å². The van der Waals surface area contributed by atoms with Crippen molar-refractivity contribution in [1.82, 2.24) is 14.9 Å². The number of carbonyl (C=O) groups excluding carboxylic acids is 1. The number of ketones is 1. The van der Waals surface area contributed by atoms with Gasteiger partial charge in [-0.15, -0.1) is 0 Å². The molecule has 0 aliphatic carbocycles. The number of aromatic amines is 1. The maximum absolute atomic E-state index is 12.4. The Kier molecular flexibility index (Phi) is 4.34. The normalized spacial score (nSPS) is 16.4. The molecule has 1 saturated heterocycles. The number of Topliss-reactive ketones (excluding diaryl/α,β-unsaturated/α-hetero) is 1. The summed E-state index contributed by atoms with van der Waals surface area (Å²) >= 11 is 0. The van der Waals surface area contributed by atoms with E-state index < -0.39 is 0 Å². The average molecular weight is 285 g/mol. The van der Waals surface area contributed by atoms with E-state index in [4.69, 9.17) is 0 Å². The zero-order chi connectivity index (χ0) is 14.7. The molecule has 3 rings (SSSR count). The Morgan fingerprint density at radius 1 is 1.29 bits per heavy atom. The van der Waals surface area contributed by atoms with Crippen LogP contribution in [0.1, 0.15) is 48.8 Å². The third-order valence-corrected chi connectivity index (χ3v) is 4.16. The van der Waals surface area contributed by atoms with Gasteiger partial charge in [-0.25, -0.2) is 4.98 Å². The molecule has 1 aliphatic rings. The number of rotatable bonds is 5. The van der Waals surface area contributed by atoms with Crippen molar-refractivity contribution in [2.75, 3.05) is 19.6 Å². The molecule has 21 heavy (non-hydrogen) atoms. The van der Waals surface area contributed by atoms with Gasteiger partial charge in [0.1, 0.15) is 5.82 Å². The molecule has 1 aliphatic heterocycles. The lowest BCUT2D eigenvalue weighted by Gasteiger charge is -2.25. The van der Waals surface area contributed by atoms with Gasteiger partial charge in [-0.1, -0.05) is 13.3 Å². The standard InChI is InChI=1S/C17H23N3O/c1-2-6-17-18-14-8-7-13(11-15(14)19-17)16(21)12-20-9-4-3-5-10-20/h7-8,11H,2-6,9-10,12H2,1H3,(H,18,19). The minimum Gasteiger partial charge on any atom is -0.342 e. The number of likely N-dealkylation sites (tertiary alicyclic amines) is 1. The van der Waals surface area contributed by atoms with Gasteiger partial charge >= 0.3 is 0 Å². The summed E-state index contributed by atoms with van der Waals surface area (Å²) < 4.78 is 0. The van der Waals surface area contributed by atoms with Crippen molar-refractivity contribution < 1.29 is 4.79 Å². The molecule has 1 N–H and O–H groups in total. The van der Waals surface area contributed by atoms with Crippen molar-refractivity contribution in [3.63, 3.8) is 0 Å².